The van der Waals surface area contributed by atoms with E-state index in [0.29, 0.717) is 28.4 Å². The van der Waals surface area contributed by atoms with E-state index in [1.165, 1.54) is 30.3 Å². The fourth-order valence-electron chi connectivity index (χ4n) is 3.81. The second-order valence-electron chi connectivity index (χ2n) is 7.88. The number of nitrogens with zero attached hydrogens (tertiary/aromatic N) is 2. The van der Waals surface area contributed by atoms with Gasteiger partial charge in [0.25, 0.3) is 23.4 Å². The van der Waals surface area contributed by atoms with Gasteiger partial charge in [0.1, 0.15) is 11.5 Å². The predicted molar refractivity (Wildman–Crippen MR) is 132 cm³/mol. The third-order valence-corrected chi connectivity index (χ3v) is 5.54. The molecule has 0 aromatic heterocycles. The lowest BCUT2D eigenvalue weighted by atomic mass is 10.1. The van der Waals surface area contributed by atoms with Gasteiger partial charge in [0.15, 0.2) is 0 Å². The van der Waals surface area contributed by atoms with Crippen molar-refractivity contribution in [3.05, 3.63) is 124 Å². The zero-order valence-electron chi connectivity index (χ0n) is 18.6. The number of anilines is 2. The zero-order chi connectivity index (χ0) is 25.2. The molecule has 1 aliphatic rings. The molecule has 176 valence electrons. The first-order valence-corrected chi connectivity index (χ1v) is 10.8. The summed E-state index contributed by atoms with van der Waals surface area (Å²) in [6.07, 6.45) is 0. The SMILES string of the molecule is O=C(Nc1cccc(Oc2ccc3c(c2)C(=O)N(c2ccccc2)C3=O)c1)c1ccc([N+](=O)[O-])cc1. The molecular weight excluding hydrogens is 462 g/mol. The first-order valence-electron chi connectivity index (χ1n) is 10.8. The molecular formula is C27H17N3O6. The molecule has 4 aromatic carbocycles. The maximum atomic E-state index is 12.9. The molecule has 0 bridgehead atoms. The van der Waals surface area contributed by atoms with Crippen LogP contribution >= 0.6 is 0 Å². The molecule has 0 radical (unpaired) electrons. The second kappa shape index (κ2) is 9.15. The van der Waals surface area contributed by atoms with Gasteiger partial charge in [-0.3, -0.25) is 24.5 Å². The molecule has 1 heterocycles. The monoisotopic (exact) mass is 479 g/mol. The third-order valence-electron chi connectivity index (χ3n) is 5.54. The lowest BCUT2D eigenvalue weighted by Crippen LogP contribution is -2.29. The number of carbonyl (C=O) groups excluding carboxylic acids is 3. The van der Waals surface area contributed by atoms with Crippen LogP contribution in [-0.2, 0) is 0 Å². The van der Waals surface area contributed by atoms with Crippen molar-refractivity contribution < 1.29 is 24.0 Å². The summed E-state index contributed by atoms with van der Waals surface area (Å²) in [5, 5.41) is 13.5. The number of rotatable bonds is 6. The molecule has 0 fully saturated rings. The Morgan fingerprint density at radius 2 is 1.47 bits per heavy atom. The second-order valence-corrected chi connectivity index (χ2v) is 7.88. The van der Waals surface area contributed by atoms with Crippen LogP contribution in [0.2, 0.25) is 0 Å². The smallest absolute Gasteiger partial charge is 0.269 e. The minimum atomic E-state index is -0.538. The van der Waals surface area contributed by atoms with Gasteiger partial charge in [-0.25, -0.2) is 4.90 Å². The molecule has 36 heavy (non-hydrogen) atoms. The largest absolute Gasteiger partial charge is 0.457 e. The summed E-state index contributed by atoms with van der Waals surface area (Å²) in [6, 6.07) is 25.2. The number of carbonyl (C=O) groups is 3. The fourth-order valence-corrected chi connectivity index (χ4v) is 3.81. The molecule has 0 atom stereocenters. The summed E-state index contributed by atoms with van der Waals surface area (Å²) in [5.74, 6) is -0.527. The van der Waals surface area contributed by atoms with Gasteiger partial charge in [0, 0.05) is 29.4 Å². The molecule has 0 unspecified atom stereocenters. The van der Waals surface area contributed by atoms with Gasteiger partial charge >= 0.3 is 0 Å². The Morgan fingerprint density at radius 1 is 0.778 bits per heavy atom. The van der Waals surface area contributed by atoms with Crippen LogP contribution in [0, 0.1) is 10.1 Å². The van der Waals surface area contributed by atoms with Crippen LogP contribution in [0.5, 0.6) is 11.5 Å². The molecule has 4 aromatic rings. The van der Waals surface area contributed by atoms with Crippen LogP contribution in [-0.4, -0.2) is 22.6 Å². The van der Waals surface area contributed by atoms with E-state index in [1.54, 1.807) is 66.7 Å². The van der Waals surface area contributed by atoms with Crippen LogP contribution in [0.25, 0.3) is 0 Å². The Hall–Kier alpha value is -5.31. The van der Waals surface area contributed by atoms with Gasteiger partial charge in [-0.05, 0) is 54.6 Å². The lowest BCUT2D eigenvalue weighted by molar-refractivity contribution is -0.384. The molecule has 3 amide bonds. The van der Waals surface area contributed by atoms with Crippen molar-refractivity contribution in [1.29, 1.82) is 0 Å². The summed E-state index contributed by atoms with van der Waals surface area (Å²) in [5.41, 5.74) is 1.62. The van der Waals surface area contributed by atoms with E-state index >= 15 is 0 Å². The number of nitro benzene ring substituents is 1. The highest BCUT2D eigenvalue weighted by Crippen LogP contribution is 2.32. The van der Waals surface area contributed by atoms with Crippen molar-refractivity contribution in [2.45, 2.75) is 0 Å². The normalized spacial score (nSPS) is 12.3. The van der Waals surface area contributed by atoms with E-state index in [1.807, 2.05) is 0 Å². The van der Waals surface area contributed by atoms with E-state index in [2.05, 4.69) is 5.32 Å². The third kappa shape index (κ3) is 4.28. The Kier molecular flexibility index (Phi) is 5.71. The average Bonchev–Trinajstić information content (AvgIpc) is 3.14. The van der Waals surface area contributed by atoms with E-state index in [0.717, 1.165) is 4.90 Å². The quantitative estimate of drug-likeness (QED) is 0.223. The molecule has 1 aliphatic heterocycles. The van der Waals surface area contributed by atoms with Gasteiger partial charge < -0.3 is 10.1 Å². The van der Waals surface area contributed by atoms with Crippen molar-refractivity contribution in [3.8, 4) is 11.5 Å². The Labute approximate surface area is 204 Å². The van der Waals surface area contributed by atoms with Crippen molar-refractivity contribution in [1.82, 2.24) is 0 Å². The number of hydrogen-bond acceptors (Lipinski definition) is 6. The Bertz CT molecular complexity index is 1520. The van der Waals surface area contributed by atoms with Crippen molar-refractivity contribution >= 4 is 34.8 Å². The van der Waals surface area contributed by atoms with Gasteiger partial charge in [0.2, 0.25) is 0 Å². The number of ether oxygens (including phenoxy) is 1. The summed E-state index contributed by atoms with van der Waals surface area (Å²) in [6.45, 7) is 0. The van der Waals surface area contributed by atoms with Crippen LogP contribution in [0.15, 0.2) is 97.1 Å². The van der Waals surface area contributed by atoms with Crippen LogP contribution in [0.3, 0.4) is 0 Å². The standard InChI is InChI=1S/C27H17N3O6/c31-25(17-9-11-20(12-10-17)30(34)35)28-18-5-4-8-21(15-18)36-22-13-14-23-24(16-22)27(33)29(26(23)32)19-6-2-1-3-7-19/h1-16H,(H,28,31). The summed E-state index contributed by atoms with van der Waals surface area (Å²) >= 11 is 0. The minimum absolute atomic E-state index is 0.108. The molecule has 9 heteroatoms. The van der Waals surface area contributed by atoms with E-state index in [9.17, 15) is 24.5 Å². The first kappa shape index (κ1) is 22.5. The van der Waals surface area contributed by atoms with Crippen molar-refractivity contribution in [3.63, 3.8) is 0 Å². The molecule has 0 spiro atoms. The number of nitrogens with one attached hydrogen (secondary N) is 1. The summed E-state index contributed by atoms with van der Waals surface area (Å²) in [7, 11) is 0. The lowest BCUT2D eigenvalue weighted by Gasteiger charge is -2.13. The van der Waals surface area contributed by atoms with Crippen molar-refractivity contribution in [2.75, 3.05) is 10.2 Å². The van der Waals surface area contributed by atoms with Gasteiger partial charge in [-0.1, -0.05) is 24.3 Å². The minimum Gasteiger partial charge on any atom is -0.457 e. The number of imide groups is 1. The highest BCUT2D eigenvalue weighted by Gasteiger charge is 2.36. The van der Waals surface area contributed by atoms with Crippen LogP contribution in [0.4, 0.5) is 17.1 Å². The van der Waals surface area contributed by atoms with E-state index in [-0.39, 0.29) is 16.8 Å². The first-order chi connectivity index (χ1) is 17.4. The van der Waals surface area contributed by atoms with Gasteiger partial charge in [-0.15, -0.1) is 0 Å². The van der Waals surface area contributed by atoms with E-state index in [4.69, 9.17) is 4.74 Å². The number of para-hydroxylation sites is 1. The molecule has 0 saturated carbocycles. The number of benzene rings is 4. The number of amides is 3. The maximum Gasteiger partial charge on any atom is 0.269 e. The molecule has 5 rings (SSSR count). The summed E-state index contributed by atoms with van der Waals surface area (Å²) < 4.78 is 5.89. The zero-order valence-corrected chi connectivity index (χ0v) is 18.6. The van der Waals surface area contributed by atoms with Crippen molar-refractivity contribution in [2.24, 2.45) is 0 Å². The fraction of sp³-hybridized carbons (Fsp3) is 0. The molecule has 0 saturated heterocycles. The number of hydrogen-bond donors (Lipinski definition) is 1. The molecule has 9 nitrogen and oxygen atoms in total. The Morgan fingerprint density at radius 3 is 2.19 bits per heavy atom. The maximum absolute atomic E-state index is 12.9. The van der Waals surface area contributed by atoms with E-state index < -0.39 is 22.6 Å². The molecule has 0 aliphatic carbocycles. The topological polar surface area (TPSA) is 119 Å². The number of nitro groups is 1. The summed E-state index contributed by atoms with van der Waals surface area (Å²) in [4.78, 5) is 49.6. The van der Waals surface area contributed by atoms with Gasteiger partial charge in [0.05, 0.1) is 21.7 Å². The predicted octanol–water partition coefficient (Wildman–Crippen LogP) is 5.44. The highest BCUT2D eigenvalue weighted by atomic mass is 16.6. The van der Waals surface area contributed by atoms with Crippen LogP contribution < -0.4 is 15.0 Å². The molecule has 1 N–H and O–H groups in total. The highest BCUT2D eigenvalue weighted by molar-refractivity contribution is 6.34. The Balaban J connectivity index is 1.32. The average molecular weight is 479 g/mol. The van der Waals surface area contributed by atoms with Gasteiger partial charge in [-0.2, -0.15) is 0 Å². The number of non-ortho nitro benzene ring substituents is 1. The van der Waals surface area contributed by atoms with Crippen LogP contribution in [0.1, 0.15) is 31.1 Å². The number of fused-ring (bicyclic) bond motifs is 1.